The zero-order valence-corrected chi connectivity index (χ0v) is 20.5. The maximum absolute atomic E-state index is 13.1. The number of pyridine rings is 1. The summed E-state index contributed by atoms with van der Waals surface area (Å²) in [6, 6.07) is 11.7. The van der Waals surface area contributed by atoms with Crippen LogP contribution in [0.15, 0.2) is 51.9 Å². The molecule has 184 valence electrons. The van der Waals surface area contributed by atoms with E-state index in [-0.39, 0.29) is 17.5 Å². The van der Waals surface area contributed by atoms with Crippen molar-refractivity contribution in [2.75, 3.05) is 7.11 Å². The van der Waals surface area contributed by atoms with Crippen LogP contribution in [0.5, 0.6) is 5.75 Å². The molecule has 5 rings (SSSR count). The summed E-state index contributed by atoms with van der Waals surface area (Å²) in [5.74, 6) is 2.59. The van der Waals surface area contributed by atoms with E-state index < -0.39 is 0 Å². The Morgan fingerprint density at radius 3 is 2.74 bits per heavy atom. The molecular weight excluding hydrogens is 444 g/mol. The number of rotatable bonds is 9. The topological polar surface area (TPSA) is 102 Å². The third-order valence-corrected chi connectivity index (χ3v) is 6.92. The average molecular weight is 477 g/mol. The molecule has 1 aromatic carbocycles. The van der Waals surface area contributed by atoms with Gasteiger partial charge in [0.25, 0.3) is 5.56 Å². The molecule has 1 aliphatic carbocycles. The number of methoxy groups -OCH3 is 1. The van der Waals surface area contributed by atoms with Crippen molar-refractivity contribution in [2.24, 2.45) is 5.92 Å². The van der Waals surface area contributed by atoms with E-state index in [2.05, 4.69) is 39.3 Å². The maximum atomic E-state index is 13.1. The molecule has 0 spiro atoms. The molecule has 1 aliphatic rings. The third-order valence-electron chi connectivity index (χ3n) is 6.92. The number of nitrogens with zero attached hydrogens (tertiary/aromatic N) is 5. The molecule has 35 heavy (non-hydrogen) atoms. The molecule has 1 saturated carbocycles. The SMILES string of the molecule is COc1ccc2cc(CN(Cc3ccco3)[C@@H](c3nnnn3C3CCCC3)C(C)C)c(=O)[nH]c2c1. The zero-order valence-electron chi connectivity index (χ0n) is 20.5. The molecule has 1 N–H and O–H groups in total. The highest BCUT2D eigenvalue weighted by Crippen LogP contribution is 2.35. The maximum Gasteiger partial charge on any atom is 0.252 e. The Labute approximate surface area is 204 Å². The Morgan fingerprint density at radius 1 is 1.20 bits per heavy atom. The molecule has 9 heteroatoms. The Morgan fingerprint density at radius 2 is 2.03 bits per heavy atom. The Hall–Kier alpha value is -3.46. The highest BCUT2D eigenvalue weighted by molar-refractivity contribution is 5.80. The van der Waals surface area contributed by atoms with Crippen LogP contribution in [-0.2, 0) is 13.1 Å². The minimum atomic E-state index is -0.118. The molecule has 3 heterocycles. The normalized spacial score (nSPS) is 15.5. The van der Waals surface area contributed by atoms with Crippen LogP contribution in [0, 0.1) is 5.92 Å². The van der Waals surface area contributed by atoms with E-state index in [9.17, 15) is 4.79 Å². The number of aromatic nitrogens is 5. The van der Waals surface area contributed by atoms with Gasteiger partial charge in [-0.1, -0.05) is 26.7 Å². The smallest absolute Gasteiger partial charge is 0.252 e. The summed E-state index contributed by atoms with van der Waals surface area (Å²) in [5, 5.41) is 13.9. The number of benzene rings is 1. The first kappa shape index (κ1) is 23.3. The summed E-state index contributed by atoms with van der Waals surface area (Å²) in [4.78, 5) is 18.4. The summed E-state index contributed by atoms with van der Waals surface area (Å²) >= 11 is 0. The van der Waals surface area contributed by atoms with Crippen molar-refractivity contribution in [3.05, 3.63) is 70.2 Å². The number of H-pyrrole nitrogens is 1. The van der Waals surface area contributed by atoms with Gasteiger partial charge in [0.1, 0.15) is 11.5 Å². The first-order valence-electron chi connectivity index (χ1n) is 12.3. The van der Waals surface area contributed by atoms with Crippen LogP contribution < -0.4 is 10.3 Å². The van der Waals surface area contributed by atoms with E-state index in [0.717, 1.165) is 35.3 Å². The summed E-state index contributed by atoms with van der Waals surface area (Å²) < 4.78 is 13.0. The van der Waals surface area contributed by atoms with E-state index in [4.69, 9.17) is 9.15 Å². The third kappa shape index (κ3) is 4.86. The molecule has 0 aliphatic heterocycles. The lowest BCUT2D eigenvalue weighted by Gasteiger charge is -2.33. The van der Waals surface area contributed by atoms with Crippen LogP contribution in [0.3, 0.4) is 0 Å². The zero-order chi connectivity index (χ0) is 24.4. The molecule has 0 saturated heterocycles. The van der Waals surface area contributed by atoms with E-state index in [1.807, 2.05) is 41.1 Å². The Balaban J connectivity index is 1.54. The van der Waals surface area contributed by atoms with Gasteiger partial charge in [-0.25, -0.2) is 4.68 Å². The molecule has 4 aromatic rings. The second kappa shape index (κ2) is 10.0. The number of aromatic amines is 1. The van der Waals surface area contributed by atoms with Crippen LogP contribution >= 0.6 is 0 Å². The van der Waals surface area contributed by atoms with Crippen LogP contribution in [0.1, 0.15) is 68.8 Å². The van der Waals surface area contributed by atoms with Gasteiger partial charge in [0.05, 0.1) is 37.5 Å². The summed E-state index contributed by atoms with van der Waals surface area (Å²) in [6.45, 7) is 5.31. The highest BCUT2D eigenvalue weighted by atomic mass is 16.5. The van der Waals surface area contributed by atoms with Crippen LogP contribution in [0.4, 0.5) is 0 Å². The monoisotopic (exact) mass is 476 g/mol. The number of nitrogens with one attached hydrogen (secondary N) is 1. The fourth-order valence-corrected chi connectivity index (χ4v) is 5.23. The van der Waals surface area contributed by atoms with E-state index in [0.29, 0.717) is 30.4 Å². The second-order valence-electron chi connectivity index (χ2n) is 9.67. The van der Waals surface area contributed by atoms with Gasteiger partial charge < -0.3 is 14.1 Å². The van der Waals surface area contributed by atoms with Gasteiger partial charge in [-0.3, -0.25) is 9.69 Å². The highest BCUT2D eigenvalue weighted by Gasteiger charge is 2.33. The van der Waals surface area contributed by atoms with Crippen LogP contribution in [-0.4, -0.2) is 37.2 Å². The van der Waals surface area contributed by atoms with Crippen molar-refractivity contribution < 1.29 is 9.15 Å². The summed E-state index contributed by atoms with van der Waals surface area (Å²) in [6.07, 6.45) is 6.26. The number of tetrazole rings is 1. The Kier molecular flexibility index (Phi) is 6.68. The fourth-order valence-electron chi connectivity index (χ4n) is 5.23. The summed E-state index contributed by atoms with van der Waals surface area (Å²) in [5.41, 5.74) is 1.31. The first-order valence-corrected chi connectivity index (χ1v) is 12.3. The number of furan rings is 1. The summed E-state index contributed by atoms with van der Waals surface area (Å²) in [7, 11) is 1.62. The van der Waals surface area contributed by atoms with Gasteiger partial charge in [-0.05, 0) is 64.9 Å². The molecule has 9 nitrogen and oxygen atoms in total. The standard InChI is InChI=1S/C26H32N6O3/c1-17(2)24(25-28-29-30-32(25)20-7-4-5-8-20)31(16-22-9-6-12-35-22)15-19-13-18-10-11-21(34-3)14-23(18)27-26(19)33/h6,9-14,17,20,24H,4-5,7-8,15-16H2,1-3H3,(H,27,33)/t24-/m1/s1. The molecular formula is C26H32N6O3. The van der Waals surface area contributed by atoms with Crippen molar-refractivity contribution >= 4 is 10.9 Å². The van der Waals surface area contributed by atoms with Crippen molar-refractivity contribution in [2.45, 2.75) is 64.7 Å². The minimum Gasteiger partial charge on any atom is -0.497 e. The first-order chi connectivity index (χ1) is 17.0. The van der Waals surface area contributed by atoms with Crippen molar-refractivity contribution in [3.8, 4) is 5.75 Å². The van der Waals surface area contributed by atoms with Gasteiger partial charge in [0.2, 0.25) is 0 Å². The van der Waals surface area contributed by atoms with Gasteiger partial charge in [0.15, 0.2) is 5.82 Å². The van der Waals surface area contributed by atoms with Crippen molar-refractivity contribution in [1.82, 2.24) is 30.1 Å². The lowest BCUT2D eigenvalue weighted by Crippen LogP contribution is -2.35. The molecule has 1 atom stereocenters. The predicted molar refractivity (Wildman–Crippen MR) is 132 cm³/mol. The second-order valence-corrected chi connectivity index (χ2v) is 9.67. The van der Waals surface area contributed by atoms with Gasteiger partial charge in [-0.2, -0.15) is 0 Å². The minimum absolute atomic E-state index is 0.0957. The molecule has 0 amide bonds. The van der Waals surface area contributed by atoms with Crippen LogP contribution in [0.25, 0.3) is 10.9 Å². The average Bonchev–Trinajstić information content (AvgIpc) is 3.62. The number of ether oxygens (including phenoxy) is 1. The molecule has 0 bridgehead atoms. The number of hydrogen-bond acceptors (Lipinski definition) is 7. The fraction of sp³-hybridized carbons (Fsp3) is 0.462. The molecule has 1 fully saturated rings. The quantitative estimate of drug-likeness (QED) is 0.376. The number of hydrogen-bond donors (Lipinski definition) is 1. The predicted octanol–water partition coefficient (Wildman–Crippen LogP) is 4.63. The van der Waals surface area contributed by atoms with Gasteiger partial charge in [0, 0.05) is 18.2 Å². The molecule has 0 radical (unpaired) electrons. The largest absolute Gasteiger partial charge is 0.497 e. The van der Waals surface area contributed by atoms with E-state index in [1.165, 1.54) is 12.8 Å². The Bertz CT molecular complexity index is 1320. The lowest BCUT2D eigenvalue weighted by atomic mass is 9.99. The van der Waals surface area contributed by atoms with Gasteiger partial charge >= 0.3 is 0 Å². The van der Waals surface area contributed by atoms with Crippen LogP contribution in [0.2, 0.25) is 0 Å². The van der Waals surface area contributed by atoms with E-state index in [1.54, 1.807) is 13.4 Å². The lowest BCUT2D eigenvalue weighted by molar-refractivity contribution is 0.114. The number of fused-ring (bicyclic) bond motifs is 1. The molecule has 0 unspecified atom stereocenters. The van der Waals surface area contributed by atoms with Crippen molar-refractivity contribution in [1.29, 1.82) is 0 Å². The van der Waals surface area contributed by atoms with Crippen molar-refractivity contribution in [3.63, 3.8) is 0 Å². The van der Waals surface area contributed by atoms with Gasteiger partial charge in [-0.15, -0.1) is 5.10 Å². The van der Waals surface area contributed by atoms with E-state index >= 15 is 0 Å². The molecule has 3 aromatic heterocycles.